The predicted octanol–water partition coefficient (Wildman–Crippen LogP) is 7.69. The van der Waals surface area contributed by atoms with Crippen LogP contribution < -0.4 is 4.74 Å². The van der Waals surface area contributed by atoms with E-state index in [9.17, 15) is 9.90 Å². The number of aliphatic carboxylic acids is 1. The van der Waals surface area contributed by atoms with Crippen molar-refractivity contribution in [2.75, 3.05) is 32.5 Å². The molecule has 1 atom stereocenters. The Labute approximate surface area is 231 Å². The molecule has 0 amide bonds. The van der Waals surface area contributed by atoms with Crippen molar-refractivity contribution in [2.45, 2.75) is 43.2 Å². The molecule has 2 aromatic carbocycles. The number of hydrogen-bond acceptors (Lipinski definition) is 5. The highest BCUT2D eigenvalue weighted by Gasteiger charge is 2.41. The number of carbonyl (C=O) groups is 1. The van der Waals surface area contributed by atoms with Gasteiger partial charge >= 0.3 is 5.97 Å². The summed E-state index contributed by atoms with van der Waals surface area (Å²) in [4.78, 5) is 20.0. The molecule has 1 unspecified atom stereocenters. The Hall–Kier alpha value is -2.06. The van der Waals surface area contributed by atoms with E-state index in [4.69, 9.17) is 27.9 Å². The SMILES string of the molecule is COc1ccc2ncc(Cl)c(C(F)CCC3(C(=O)O)CCN(CCCSc4ccccc4Cl)CC3)c2c1. The Morgan fingerprint density at radius 2 is 1.97 bits per heavy atom. The Morgan fingerprint density at radius 1 is 1.22 bits per heavy atom. The summed E-state index contributed by atoms with van der Waals surface area (Å²) in [5.74, 6) is 0.685. The van der Waals surface area contributed by atoms with Gasteiger partial charge in [0, 0.05) is 22.0 Å². The molecule has 0 spiro atoms. The maximum atomic E-state index is 15.6. The molecule has 9 heteroatoms. The first kappa shape index (κ1) is 28.0. The van der Waals surface area contributed by atoms with Crippen LogP contribution in [0.1, 0.15) is 43.8 Å². The second kappa shape index (κ2) is 12.7. The van der Waals surface area contributed by atoms with Crippen LogP contribution in [0.4, 0.5) is 4.39 Å². The zero-order valence-electron chi connectivity index (χ0n) is 20.8. The van der Waals surface area contributed by atoms with Gasteiger partial charge in [0.1, 0.15) is 11.9 Å². The van der Waals surface area contributed by atoms with Crippen LogP contribution >= 0.6 is 35.0 Å². The summed E-state index contributed by atoms with van der Waals surface area (Å²) in [6, 6.07) is 13.1. The first-order valence-corrected chi connectivity index (χ1v) is 14.2. The Kier molecular flexibility index (Phi) is 9.57. The van der Waals surface area contributed by atoms with Gasteiger partial charge < -0.3 is 14.7 Å². The normalized spacial score (nSPS) is 16.5. The van der Waals surface area contributed by atoms with Crippen molar-refractivity contribution >= 4 is 51.8 Å². The number of alkyl halides is 1. The number of benzene rings is 2. The summed E-state index contributed by atoms with van der Waals surface area (Å²) in [5, 5.41) is 11.7. The molecular formula is C28H31Cl2FN2O3S. The van der Waals surface area contributed by atoms with E-state index >= 15 is 4.39 Å². The lowest BCUT2D eigenvalue weighted by Crippen LogP contribution is -2.44. The first-order valence-electron chi connectivity index (χ1n) is 12.4. The zero-order valence-corrected chi connectivity index (χ0v) is 23.1. The van der Waals surface area contributed by atoms with Crippen molar-refractivity contribution in [2.24, 2.45) is 5.41 Å². The van der Waals surface area contributed by atoms with Gasteiger partial charge in [-0.1, -0.05) is 35.3 Å². The highest BCUT2D eigenvalue weighted by molar-refractivity contribution is 7.99. The van der Waals surface area contributed by atoms with Gasteiger partial charge in [-0.3, -0.25) is 9.78 Å². The molecule has 4 rings (SSSR count). The fraction of sp³-hybridized carbons (Fsp3) is 0.429. The zero-order chi connectivity index (χ0) is 26.4. The van der Waals surface area contributed by atoms with E-state index in [0.717, 1.165) is 28.6 Å². The molecule has 1 aliphatic rings. The van der Waals surface area contributed by atoms with Gasteiger partial charge in [-0.2, -0.15) is 0 Å². The number of carboxylic acids is 1. The van der Waals surface area contributed by atoms with Gasteiger partial charge in [-0.25, -0.2) is 4.39 Å². The molecule has 2 heterocycles. The number of fused-ring (bicyclic) bond motifs is 1. The molecule has 1 aliphatic heterocycles. The molecule has 1 fully saturated rings. The lowest BCUT2D eigenvalue weighted by molar-refractivity contribution is -0.153. The topological polar surface area (TPSA) is 62.7 Å². The van der Waals surface area contributed by atoms with E-state index in [2.05, 4.69) is 9.88 Å². The third-order valence-electron chi connectivity index (χ3n) is 7.24. The highest BCUT2D eigenvalue weighted by atomic mass is 35.5. The van der Waals surface area contributed by atoms with Crippen LogP contribution in [0.15, 0.2) is 53.6 Å². The largest absolute Gasteiger partial charge is 0.497 e. The summed E-state index contributed by atoms with van der Waals surface area (Å²) in [6.07, 6.45) is 2.38. The quantitative estimate of drug-likeness (QED) is 0.190. The number of ether oxygens (including phenoxy) is 1. The van der Waals surface area contributed by atoms with E-state index < -0.39 is 17.6 Å². The second-order valence-electron chi connectivity index (χ2n) is 9.47. The molecule has 0 radical (unpaired) electrons. The number of rotatable bonds is 11. The standard InChI is InChI=1S/C28H31Cl2FN2O3S/c1-36-19-7-8-24-20(17-19)26(22(30)18-32-24)23(31)9-10-28(27(34)35)11-14-33(15-12-28)13-4-16-37-25-6-3-2-5-21(25)29/h2-3,5-8,17-18,23H,4,9-16H2,1H3,(H,34,35). The number of hydrogen-bond donors (Lipinski definition) is 1. The molecule has 1 aromatic heterocycles. The number of thioether (sulfide) groups is 1. The van der Waals surface area contributed by atoms with E-state index in [0.29, 0.717) is 48.1 Å². The van der Waals surface area contributed by atoms with Crippen LogP contribution in [0.3, 0.4) is 0 Å². The average Bonchev–Trinajstić information content (AvgIpc) is 2.90. The number of pyridine rings is 1. The predicted molar refractivity (Wildman–Crippen MR) is 149 cm³/mol. The molecule has 1 saturated heterocycles. The Bertz CT molecular complexity index is 1240. The van der Waals surface area contributed by atoms with E-state index in [1.54, 1.807) is 37.1 Å². The van der Waals surface area contributed by atoms with Crippen LogP contribution in [-0.4, -0.2) is 53.5 Å². The Balaban J connectivity index is 1.33. The van der Waals surface area contributed by atoms with Crippen LogP contribution in [0, 0.1) is 5.41 Å². The summed E-state index contributed by atoms with van der Waals surface area (Å²) >= 11 is 14.3. The van der Waals surface area contributed by atoms with Crippen LogP contribution in [0.5, 0.6) is 5.75 Å². The van der Waals surface area contributed by atoms with E-state index in [-0.39, 0.29) is 17.9 Å². The number of methoxy groups -OCH3 is 1. The van der Waals surface area contributed by atoms with Crippen molar-refractivity contribution < 1.29 is 19.0 Å². The van der Waals surface area contributed by atoms with Crippen molar-refractivity contribution in [3.05, 3.63) is 64.3 Å². The maximum Gasteiger partial charge on any atom is 0.309 e. The molecule has 37 heavy (non-hydrogen) atoms. The van der Waals surface area contributed by atoms with E-state index in [1.807, 2.05) is 24.3 Å². The number of carboxylic acid groups (broad SMARTS) is 1. The molecule has 1 N–H and O–H groups in total. The lowest BCUT2D eigenvalue weighted by Gasteiger charge is -2.39. The molecular weight excluding hydrogens is 534 g/mol. The fourth-order valence-corrected chi connectivity index (χ4v) is 6.41. The molecule has 5 nitrogen and oxygen atoms in total. The smallest absolute Gasteiger partial charge is 0.309 e. The molecule has 0 aliphatic carbocycles. The van der Waals surface area contributed by atoms with Crippen molar-refractivity contribution in [3.8, 4) is 5.75 Å². The van der Waals surface area contributed by atoms with Gasteiger partial charge in [0.2, 0.25) is 0 Å². The third-order valence-corrected chi connectivity index (χ3v) is 9.14. The summed E-state index contributed by atoms with van der Waals surface area (Å²) in [6.45, 7) is 2.28. The monoisotopic (exact) mass is 564 g/mol. The summed E-state index contributed by atoms with van der Waals surface area (Å²) in [5.41, 5.74) is 0.0385. The molecule has 0 saturated carbocycles. The number of halogens is 3. The minimum absolute atomic E-state index is 0.0802. The Morgan fingerprint density at radius 3 is 2.68 bits per heavy atom. The van der Waals surface area contributed by atoms with Crippen molar-refractivity contribution in [3.63, 3.8) is 0 Å². The fourth-order valence-electron chi connectivity index (χ4n) is 4.97. The first-order chi connectivity index (χ1) is 17.8. The van der Waals surface area contributed by atoms with Gasteiger partial charge in [0.25, 0.3) is 0 Å². The third kappa shape index (κ3) is 6.69. The van der Waals surface area contributed by atoms with Crippen LogP contribution in [-0.2, 0) is 4.79 Å². The molecule has 198 valence electrons. The second-order valence-corrected chi connectivity index (χ2v) is 11.4. The van der Waals surface area contributed by atoms with Gasteiger partial charge in [-0.05, 0) is 87.8 Å². The van der Waals surface area contributed by atoms with Crippen LogP contribution in [0.25, 0.3) is 10.9 Å². The summed E-state index contributed by atoms with van der Waals surface area (Å²) in [7, 11) is 1.55. The van der Waals surface area contributed by atoms with Gasteiger partial charge in [0.15, 0.2) is 0 Å². The number of nitrogens with zero attached hydrogens (tertiary/aromatic N) is 2. The minimum atomic E-state index is -1.40. The van der Waals surface area contributed by atoms with Crippen molar-refractivity contribution in [1.82, 2.24) is 9.88 Å². The lowest BCUT2D eigenvalue weighted by atomic mass is 9.74. The maximum absolute atomic E-state index is 15.6. The number of likely N-dealkylation sites (tertiary alicyclic amines) is 1. The average molecular weight is 566 g/mol. The van der Waals surface area contributed by atoms with Crippen molar-refractivity contribution in [1.29, 1.82) is 0 Å². The number of aromatic nitrogens is 1. The van der Waals surface area contributed by atoms with E-state index in [1.165, 1.54) is 6.20 Å². The number of piperidine rings is 1. The highest BCUT2D eigenvalue weighted by Crippen LogP contribution is 2.42. The van der Waals surface area contributed by atoms with Crippen LogP contribution in [0.2, 0.25) is 10.0 Å². The summed E-state index contributed by atoms with van der Waals surface area (Å²) < 4.78 is 20.9. The molecule has 3 aromatic rings. The molecule has 0 bridgehead atoms. The minimum Gasteiger partial charge on any atom is -0.497 e. The van der Waals surface area contributed by atoms with Gasteiger partial charge in [0.05, 0.1) is 28.1 Å². The van der Waals surface area contributed by atoms with Gasteiger partial charge in [-0.15, -0.1) is 11.8 Å².